The molecule has 0 radical (unpaired) electrons. The number of aliphatic hydroxyl groups excluding tert-OH is 1. The molecule has 6 nitrogen and oxygen atoms in total. The SMILES string of the molecule is CC[C@H](O)c1cc2n(n1)CCN(Cc1cn[nH]c1-c1ccc(F)cc1)C2. The molecule has 3 aromatic rings. The van der Waals surface area contributed by atoms with Crippen LogP contribution in [0, 0.1) is 5.82 Å². The number of aromatic nitrogens is 4. The van der Waals surface area contributed by atoms with E-state index < -0.39 is 6.10 Å². The summed E-state index contributed by atoms with van der Waals surface area (Å²) in [4.78, 5) is 2.33. The normalized spacial score (nSPS) is 15.8. The number of rotatable bonds is 5. The van der Waals surface area contributed by atoms with Gasteiger partial charge in [0.2, 0.25) is 0 Å². The molecule has 26 heavy (non-hydrogen) atoms. The molecule has 1 aliphatic rings. The van der Waals surface area contributed by atoms with Gasteiger partial charge in [-0.05, 0) is 36.8 Å². The minimum atomic E-state index is -0.500. The number of nitrogens with one attached hydrogen (secondary N) is 1. The zero-order chi connectivity index (χ0) is 18.1. The van der Waals surface area contributed by atoms with E-state index >= 15 is 0 Å². The Hall–Kier alpha value is -2.51. The minimum Gasteiger partial charge on any atom is -0.387 e. The fourth-order valence-corrected chi connectivity index (χ4v) is 3.39. The summed E-state index contributed by atoms with van der Waals surface area (Å²) < 4.78 is 15.2. The number of H-pyrrole nitrogens is 1. The second kappa shape index (κ2) is 7.01. The number of nitrogens with zero attached hydrogens (tertiary/aromatic N) is 4. The predicted octanol–water partition coefficient (Wildman–Crippen LogP) is 2.87. The third-order valence-electron chi connectivity index (χ3n) is 4.87. The van der Waals surface area contributed by atoms with Crippen LogP contribution in [-0.2, 0) is 19.6 Å². The lowest BCUT2D eigenvalue weighted by atomic mass is 10.1. The Balaban J connectivity index is 1.50. The number of hydrogen-bond donors (Lipinski definition) is 2. The summed E-state index contributed by atoms with van der Waals surface area (Å²) in [5.41, 5.74) is 4.80. The van der Waals surface area contributed by atoms with E-state index in [0.29, 0.717) is 6.42 Å². The van der Waals surface area contributed by atoms with E-state index in [1.807, 2.05) is 23.9 Å². The highest BCUT2D eigenvalue weighted by Gasteiger charge is 2.22. The first-order valence-electron chi connectivity index (χ1n) is 8.89. The molecule has 7 heteroatoms. The molecule has 0 amide bonds. The summed E-state index contributed by atoms with van der Waals surface area (Å²) in [5, 5.41) is 21.7. The van der Waals surface area contributed by atoms with Gasteiger partial charge in [0.1, 0.15) is 5.82 Å². The van der Waals surface area contributed by atoms with Crippen molar-refractivity contribution in [3.05, 3.63) is 59.3 Å². The van der Waals surface area contributed by atoms with Crippen molar-refractivity contribution in [1.29, 1.82) is 0 Å². The summed E-state index contributed by atoms with van der Waals surface area (Å²) in [6.45, 7) is 5.16. The molecule has 0 unspecified atom stereocenters. The maximum absolute atomic E-state index is 13.2. The molecule has 0 saturated carbocycles. The summed E-state index contributed by atoms with van der Waals surface area (Å²) >= 11 is 0. The van der Waals surface area contributed by atoms with Gasteiger partial charge >= 0.3 is 0 Å². The molecule has 136 valence electrons. The number of aromatic amines is 1. The fourth-order valence-electron chi connectivity index (χ4n) is 3.39. The third kappa shape index (κ3) is 3.27. The van der Waals surface area contributed by atoms with Gasteiger partial charge in [0, 0.05) is 30.8 Å². The topological polar surface area (TPSA) is 70.0 Å². The van der Waals surface area contributed by atoms with Gasteiger partial charge in [-0.15, -0.1) is 0 Å². The highest BCUT2D eigenvalue weighted by Crippen LogP contribution is 2.25. The number of benzene rings is 1. The van der Waals surface area contributed by atoms with Crippen molar-refractivity contribution in [2.75, 3.05) is 6.54 Å². The van der Waals surface area contributed by atoms with Gasteiger partial charge in [-0.3, -0.25) is 14.7 Å². The van der Waals surface area contributed by atoms with Crippen LogP contribution in [0.4, 0.5) is 4.39 Å². The van der Waals surface area contributed by atoms with Crippen LogP contribution in [0.3, 0.4) is 0 Å². The monoisotopic (exact) mass is 355 g/mol. The molecule has 0 spiro atoms. The fraction of sp³-hybridized carbons (Fsp3) is 0.368. The van der Waals surface area contributed by atoms with Gasteiger partial charge < -0.3 is 5.11 Å². The second-order valence-electron chi connectivity index (χ2n) is 6.70. The number of halogens is 1. The summed E-state index contributed by atoms with van der Waals surface area (Å²) in [6.07, 6.45) is 1.99. The molecule has 3 heterocycles. The van der Waals surface area contributed by atoms with Crippen molar-refractivity contribution in [3.8, 4) is 11.3 Å². The van der Waals surface area contributed by atoms with E-state index in [2.05, 4.69) is 20.2 Å². The van der Waals surface area contributed by atoms with Crippen molar-refractivity contribution in [1.82, 2.24) is 24.9 Å². The van der Waals surface area contributed by atoms with Crippen molar-refractivity contribution in [2.45, 2.75) is 39.1 Å². The Kier molecular flexibility index (Phi) is 4.57. The maximum atomic E-state index is 13.2. The largest absolute Gasteiger partial charge is 0.387 e. The minimum absolute atomic E-state index is 0.246. The van der Waals surface area contributed by atoms with E-state index in [4.69, 9.17) is 0 Å². The van der Waals surface area contributed by atoms with Crippen LogP contribution in [0.25, 0.3) is 11.3 Å². The van der Waals surface area contributed by atoms with Crippen LogP contribution in [0.15, 0.2) is 36.5 Å². The summed E-state index contributed by atoms with van der Waals surface area (Å²) in [5.74, 6) is -0.246. The van der Waals surface area contributed by atoms with Crippen molar-refractivity contribution in [3.63, 3.8) is 0 Å². The Morgan fingerprint density at radius 1 is 1.27 bits per heavy atom. The van der Waals surface area contributed by atoms with Crippen LogP contribution < -0.4 is 0 Å². The van der Waals surface area contributed by atoms with Gasteiger partial charge in [-0.25, -0.2) is 4.39 Å². The van der Waals surface area contributed by atoms with Gasteiger partial charge in [0.15, 0.2) is 0 Å². The zero-order valence-corrected chi connectivity index (χ0v) is 14.7. The van der Waals surface area contributed by atoms with Crippen molar-refractivity contribution >= 4 is 0 Å². The molecule has 2 N–H and O–H groups in total. The van der Waals surface area contributed by atoms with E-state index in [0.717, 1.165) is 54.4 Å². The lowest BCUT2D eigenvalue weighted by Crippen LogP contribution is -2.33. The van der Waals surface area contributed by atoms with Crippen molar-refractivity contribution < 1.29 is 9.50 Å². The Bertz CT molecular complexity index is 886. The molecule has 0 fully saturated rings. The number of aliphatic hydroxyl groups is 1. The average Bonchev–Trinajstić information content (AvgIpc) is 3.28. The summed E-state index contributed by atoms with van der Waals surface area (Å²) in [6, 6.07) is 8.43. The zero-order valence-electron chi connectivity index (χ0n) is 14.7. The van der Waals surface area contributed by atoms with E-state index in [1.165, 1.54) is 12.1 Å². The highest BCUT2D eigenvalue weighted by atomic mass is 19.1. The van der Waals surface area contributed by atoms with Crippen LogP contribution >= 0.6 is 0 Å². The standard InChI is InChI=1S/C19H22FN5O/c1-2-18(26)17-9-16-12-24(7-8-25(16)23-17)11-14-10-21-22-19(14)13-3-5-15(20)6-4-13/h3-6,9-10,18,26H,2,7-8,11-12H2,1H3,(H,21,22)/t18-/m0/s1. The lowest BCUT2D eigenvalue weighted by Gasteiger charge is -2.27. The lowest BCUT2D eigenvalue weighted by molar-refractivity contribution is 0.166. The predicted molar refractivity (Wildman–Crippen MR) is 95.6 cm³/mol. The van der Waals surface area contributed by atoms with E-state index in [1.54, 1.807) is 12.1 Å². The first kappa shape index (κ1) is 16.9. The molecule has 0 saturated heterocycles. The van der Waals surface area contributed by atoms with Gasteiger partial charge in [0.25, 0.3) is 0 Å². The third-order valence-corrected chi connectivity index (χ3v) is 4.87. The average molecular weight is 355 g/mol. The van der Waals surface area contributed by atoms with Crippen LogP contribution in [0.2, 0.25) is 0 Å². The van der Waals surface area contributed by atoms with Gasteiger partial charge in [-0.1, -0.05) is 6.92 Å². The molecule has 1 aliphatic heterocycles. The Morgan fingerprint density at radius 3 is 2.85 bits per heavy atom. The van der Waals surface area contributed by atoms with Gasteiger partial charge in [-0.2, -0.15) is 10.2 Å². The van der Waals surface area contributed by atoms with Gasteiger partial charge in [0.05, 0.1) is 35.9 Å². The molecule has 2 aromatic heterocycles. The molecule has 0 aliphatic carbocycles. The molecule has 1 aromatic carbocycles. The summed E-state index contributed by atoms with van der Waals surface area (Å²) in [7, 11) is 0. The first-order chi connectivity index (χ1) is 12.6. The Labute approximate surface area is 151 Å². The quantitative estimate of drug-likeness (QED) is 0.738. The smallest absolute Gasteiger partial charge is 0.123 e. The molecular weight excluding hydrogens is 333 g/mol. The molecule has 4 rings (SSSR count). The Morgan fingerprint density at radius 2 is 2.08 bits per heavy atom. The second-order valence-corrected chi connectivity index (χ2v) is 6.70. The molecule has 1 atom stereocenters. The molecular formula is C19H22FN5O. The van der Waals surface area contributed by atoms with Crippen molar-refractivity contribution in [2.24, 2.45) is 0 Å². The number of fused-ring (bicyclic) bond motifs is 1. The van der Waals surface area contributed by atoms with E-state index in [-0.39, 0.29) is 5.82 Å². The van der Waals surface area contributed by atoms with Crippen LogP contribution in [0.5, 0.6) is 0 Å². The maximum Gasteiger partial charge on any atom is 0.123 e. The highest BCUT2D eigenvalue weighted by molar-refractivity contribution is 5.62. The van der Waals surface area contributed by atoms with Crippen LogP contribution in [0.1, 0.15) is 36.4 Å². The first-order valence-corrected chi connectivity index (χ1v) is 8.89. The van der Waals surface area contributed by atoms with E-state index in [9.17, 15) is 9.50 Å². The van der Waals surface area contributed by atoms with Crippen LogP contribution in [-0.4, -0.2) is 36.5 Å². The number of hydrogen-bond acceptors (Lipinski definition) is 4. The molecule has 0 bridgehead atoms.